The average molecular weight is 596 g/mol. The van der Waals surface area contributed by atoms with E-state index in [0.717, 1.165) is 33.5 Å². The van der Waals surface area contributed by atoms with Crippen LogP contribution in [-0.4, -0.2) is 32.4 Å². The first-order chi connectivity index (χ1) is 16.9. The maximum atomic E-state index is 13.0. The number of aromatic amines is 1. The summed E-state index contributed by atoms with van der Waals surface area (Å²) >= 11 is 8.17. The molecule has 0 bridgehead atoms. The highest BCUT2D eigenvalue weighted by molar-refractivity contribution is 14.1. The van der Waals surface area contributed by atoms with Crippen LogP contribution in [0.15, 0.2) is 66.9 Å². The van der Waals surface area contributed by atoms with Crippen LogP contribution in [0.2, 0.25) is 0 Å². The van der Waals surface area contributed by atoms with Crippen molar-refractivity contribution in [1.29, 1.82) is 0 Å². The number of nitrogens with one attached hydrogen (secondary N) is 3. The Morgan fingerprint density at radius 1 is 1.09 bits per heavy atom. The third-order valence-electron chi connectivity index (χ3n) is 6.48. The summed E-state index contributed by atoms with van der Waals surface area (Å²) in [6, 6.07) is 19.8. The van der Waals surface area contributed by atoms with Crippen LogP contribution >= 0.6 is 34.8 Å². The Bertz CT molecular complexity index is 1400. The molecule has 3 heterocycles. The zero-order valence-electron chi connectivity index (χ0n) is 19.5. The highest BCUT2D eigenvalue weighted by Crippen LogP contribution is 2.42. The smallest absolute Gasteiger partial charge is 0.226 e. The fourth-order valence-corrected chi connectivity index (χ4v) is 6.04. The van der Waals surface area contributed by atoms with Gasteiger partial charge in [-0.15, -0.1) is 0 Å². The molecule has 178 valence electrons. The van der Waals surface area contributed by atoms with Crippen molar-refractivity contribution in [1.82, 2.24) is 20.2 Å². The number of fused-ring (bicyclic) bond motifs is 1. The highest BCUT2D eigenvalue weighted by Gasteiger charge is 2.42. The van der Waals surface area contributed by atoms with Gasteiger partial charge in [-0.05, 0) is 72.2 Å². The predicted molar refractivity (Wildman–Crippen MR) is 152 cm³/mol. The molecule has 5 rings (SSSR count). The topological polar surface area (TPSA) is 73.0 Å². The van der Waals surface area contributed by atoms with Crippen molar-refractivity contribution < 1.29 is 4.79 Å². The van der Waals surface area contributed by atoms with Crippen LogP contribution in [0.4, 0.5) is 5.69 Å². The number of H-pyrrole nitrogens is 1. The normalized spacial score (nSPS) is 17.6. The second-order valence-corrected chi connectivity index (χ2v) is 10.2. The number of carbonyl (C=O) groups is 1. The number of anilines is 1. The van der Waals surface area contributed by atoms with Gasteiger partial charge in [-0.1, -0.05) is 42.5 Å². The Hall–Kier alpha value is -2.98. The van der Waals surface area contributed by atoms with Crippen molar-refractivity contribution in [3.05, 3.63) is 93.1 Å². The van der Waals surface area contributed by atoms with E-state index >= 15 is 0 Å². The molecule has 2 aromatic heterocycles. The molecule has 3 N–H and O–H groups in total. The third kappa shape index (κ3) is 4.64. The van der Waals surface area contributed by atoms with E-state index in [2.05, 4.69) is 61.9 Å². The molecular weight excluding hydrogens is 569 g/mol. The lowest BCUT2D eigenvalue weighted by Crippen LogP contribution is -2.33. The summed E-state index contributed by atoms with van der Waals surface area (Å²) in [6.07, 6.45) is 2.12. The van der Waals surface area contributed by atoms with Gasteiger partial charge in [-0.2, -0.15) is 0 Å². The molecule has 6 nitrogen and oxygen atoms in total. The summed E-state index contributed by atoms with van der Waals surface area (Å²) in [5, 5.41) is 9.34. The molecule has 1 saturated heterocycles. The Labute approximate surface area is 223 Å². The van der Waals surface area contributed by atoms with E-state index in [1.54, 1.807) is 6.20 Å². The zero-order valence-corrected chi connectivity index (χ0v) is 22.5. The summed E-state index contributed by atoms with van der Waals surface area (Å²) < 4.78 is 1.18. The number of rotatable bonds is 6. The van der Waals surface area contributed by atoms with E-state index < -0.39 is 0 Å². The molecule has 2 atom stereocenters. The first kappa shape index (κ1) is 23.7. The van der Waals surface area contributed by atoms with Crippen molar-refractivity contribution in [2.75, 3.05) is 11.9 Å². The quantitative estimate of drug-likeness (QED) is 0.195. The van der Waals surface area contributed by atoms with Crippen LogP contribution in [0, 0.1) is 17.4 Å². The molecule has 1 fully saturated rings. The Kier molecular flexibility index (Phi) is 6.75. The predicted octanol–water partition coefficient (Wildman–Crippen LogP) is 5.79. The maximum absolute atomic E-state index is 13.0. The number of aryl methyl sites for hydroxylation is 2. The van der Waals surface area contributed by atoms with Gasteiger partial charge in [0.1, 0.15) is 0 Å². The van der Waals surface area contributed by atoms with Gasteiger partial charge in [0.15, 0.2) is 5.11 Å². The summed E-state index contributed by atoms with van der Waals surface area (Å²) in [4.78, 5) is 23.2. The molecule has 35 heavy (non-hydrogen) atoms. The largest absolute Gasteiger partial charge is 0.362 e. The van der Waals surface area contributed by atoms with Gasteiger partial charge in [0.25, 0.3) is 0 Å². The minimum Gasteiger partial charge on any atom is -0.362 e. The maximum Gasteiger partial charge on any atom is 0.226 e. The summed E-state index contributed by atoms with van der Waals surface area (Å²) in [5.41, 5.74) is 5.18. The van der Waals surface area contributed by atoms with E-state index in [1.165, 1.54) is 9.13 Å². The third-order valence-corrected chi connectivity index (χ3v) is 8.22. The van der Waals surface area contributed by atoms with Crippen molar-refractivity contribution in [3.8, 4) is 0 Å². The number of aromatic nitrogens is 2. The number of carbonyl (C=O) groups excluding carboxylic acids is 1. The fraction of sp³-hybridized carbons (Fsp3) is 0.222. The lowest BCUT2D eigenvalue weighted by atomic mass is 9.96. The van der Waals surface area contributed by atoms with E-state index in [4.69, 9.17) is 12.2 Å². The fourth-order valence-electron chi connectivity index (χ4n) is 4.85. The number of pyridine rings is 1. The Morgan fingerprint density at radius 2 is 1.86 bits per heavy atom. The number of halogens is 1. The van der Waals surface area contributed by atoms with Crippen LogP contribution in [0.1, 0.15) is 41.1 Å². The molecule has 0 radical (unpaired) electrons. The first-order valence-electron chi connectivity index (χ1n) is 11.5. The second kappa shape index (κ2) is 9.94. The Morgan fingerprint density at radius 3 is 2.60 bits per heavy atom. The monoisotopic (exact) mass is 595 g/mol. The minimum absolute atomic E-state index is 0.0409. The van der Waals surface area contributed by atoms with Gasteiger partial charge in [-0.25, -0.2) is 0 Å². The van der Waals surface area contributed by atoms with Crippen molar-refractivity contribution in [3.63, 3.8) is 0 Å². The van der Waals surface area contributed by atoms with Crippen LogP contribution < -0.4 is 10.6 Å². The van der Waals surface area contributed by atoms with Gasteiger partial charge >= 0.3 is 0 Å². The number of hydrogen-bond donors (Lipinski definition) is 3. The van der Waals surface area contributed by atoms with E-state index in [9.17, 15) is 4.79 Å². The molecular formula is C27H26IN5OS. The number of thiocarbonyl (C=S) groups is 1. The van der Waals surface area contributed by atoms with Crippen LogP contribution in [0.3, 0.4) is 0 Å². The first-order valence-corrected chi connectivity index (χ1v) is 13.0. The highest BCUT2D eigenvalue weighted by atomic mass is 127. The molecule has 1 amide bonds. The molecule has 1 aliphatic rings. The zero-order chi connectivity index (χ0) is 24.5. The molecule has 0 unspecified atom stereocenters. The van der Waals surface area contributed by atoms with Gasteiger partial charge in [0.05, 0.1) is 17.8 Å². The molecule has 0 aliphatic carbocycles. The molecule has 8 heteroatoms. The van der Waals surface area contributed by atoms with Crippen LogP contribution in [0.25, 0.3) is 10.8 Å². The van der Waals surface area contributed by atoms with E-state index in [1.807, 2.05) is 60.7 Å². The van der Waals surface area contributed by atoms with Gasteiger partial charge in [0, 0.05) is 50.8 Å². The molecule has 4 aromatic rings. The Balaban J connectivity index is 1.40. The number of nitrogens with zero attached hydrogens (tertiary/aromatic N) is 2. The van der Waals surface area contributed by atoms with Crippen molar-refractivity contribution >= 4 is 62.3 Å². The summed E-state index contributed by atoms with van der Waals surface area (Å²) in [7, 11) is 0. The van der Waals surface area contributed by atoms with Gasteiger partial charge < -0.3 is 20.5 Å². The molecule has 2 aromatic carbocycles. The number of amides is 1. The molecule has 0 saturated carbocycles. The van der Waals surface area contributed by atoms with Crippen molar-refractivity contribution in [2.24, 2.45) is 0 Å². The second-order valence-electron chi connectivity index (χ2n) is 8.75. The van der Waals surface area contributed by atoms with Gasteiger partial charge in [0.2, 0.25) is 5.91 Å². The standard InChI is InChI=1S/C27H26IN5OS/c1-16-23(24(28)17(2)30-16)26-25(21-11-5-6-14-29-21)32-27(35)33(26)15-13-22(34)31-20-12-7-9-18-8-3-4-10-19(18)20/h3-12,14,25-26,30H,13,15H2,1-2H3,(H,31,34)(H,32,35)/t25-,26-/m0/s1. The van der Waals surface area contributed by atoms with E-state index in [-0.39, 0.29) is 18.0 Å². The van der Waals surface area contributed by atoms with Crippen molar-refractivity contribution in [2.45, 2.75) is 32.4 Å². The SMILES string of the molecule is Cc1[nH]c(C)c([C@H]2[C@H](c3ccccn3)NC(=S)N2CCC(=O)Nc2cccc3ccccc23)c1I. The number of benzene rings is 2. The molecule has 1 aliphatic heterocycles. The average Bonchev–Trinajstić information content (AvgIpc) is 3.31. The van der Waals surface area contributed by atoms with Gasteiger partial charge in [-0.3, -0.25) is 9.78 Å². The summed E-state index contributed by atoms with van der Waals surface area (Å²) in [5.74, 6) is -0.0409. The summed E-state index contributed by atoms with van der Waals surface area (Å²) in [6.45, 7) is 4.67. The number of hydrogen-bond acceptors (Lipinski definition) is 3. The lowest BCUT2D eigenvalue weighted by Gasteiger charge is -2.28. The van der Waals surface area contributed by atoms with Crippen LogP contribution in [0.5, 0.6) is 0 Å². The molecule has 0 spiro atoms. The van der Waals surface area contributed by atoms with E-state index in [0.29, 0.717) is 18.1 Å². The lowest BCUT2D eigenvalue weighted by molar-refractivity contribution is -0.116. The van der Waals surface area contributed by atoms with Crippen LogP contribution in [-0.2, 0) is 4.79 Å². The minimum atomic E-state index is -0.104.